The molecule has 0 aliphatic rings. The minimum atomic E-state index is -0.623. The molecule has 2 unspecified atom stereocenters. The fraction of sp³-hybridized carbons (Fsp3) is 0.923. The first kappa shape index (κ1) is 17.2. The van der Waals surface area contributed by atoms with Gasteiger partial charge in [-0.15, -0.1) is 0 Å². The summed E-state index contributed by atoms with van der Waals surface area (Å²) >= 11 is 0. The molecule has 0 rings (SSSR count). The summed E-state index contributed by atoms with van der Waals surface area (Å²) in [4.78, 5) is 11.2. The Morgan fingerprint density at radius 2 is 1.28 bits per heavy atom. The van der Waals surface area contributed by atoms with Gasteiger partial charge in [0.15, 0.2) is 0 Å². The van der Waals surface area contributed by atoms with Gasteiger partial charge in [-0.1, -0.05) is 0 Å². The van der Waals surface area contributed by atoms with Crippen LogP contribution in [0.1, 0.15) is 40.5 Å². The van der Waals surface area contributed by atoms with Gasteiger partial charge in [0, 0.05) is 26.1 Å². The second kappa shape index (κ2) is 11.3. The molecule has 0 radical (unpaired) electrons. The smallest absolute Gasteiger partial charge is 0.434 e. The van der Waals surface area contributed by atoms with Gasteiger partial charge >= 0.3 is 6.16 Å². The zero-order chi connectivity index (χ0) is 13.8. The van der Waals surface area contributed by atoms with E-state index in [9.17, 15) is 4.79 Å². The summed E-state index contributed by atoms with van der Waals surface area (Å²) in [5.41, 5.74) is 0. The lowest BCUT2D eigenvalue weighted by molar-refractivity contribution is 0.0144. The molecular formula is C13H26O5. The first-order chi connectivity index (χ1) is 8.60. The molecule has 0 heterocycles. The number of carbonyl (C=O) groups is 1. The van der Waals surface area contributed by atoms with Crippen molar-refractivity contribution in [2.45, 2.75) is 52.7 Å². The Morgan fingerprint density at radius 1 is 0.889 bits per heavy atom. The number of ether oxygens (including phenoxy) is 4. The van der Waals surface area contributed by atoms with E-state index in [0.29, 0.717) is 39.3 Å². The van der Waals surface area contributed by atoms with E-state index >= 15 is 0 Å². The molecular weight excluding hydrogens is 236 g/mol. The van der Waals surface area contributed by atoms with Crippen molar-refractivity contribution in [3.63, 3.8) is 0 Å². The van der Waals surface area contributed by atoms with E-state index in [1.54, 1.807) is 0 Å². The van der Waals surface area contributed by atoms with Crippen molar-refractivity contribution >= 4 is 6.16 Å². The summed E-state index contributed by atoms with van der Waals surface area (Å²) in [6.07, 6.45) is 0.931. The molecule has 2 atom stereocenters. The van der Waals surface area contributed by atoms with E-state index in [4.69, 9.17) is 18.9 Å². The van der Waals surface area contributed by atoms with Crippen LogP contribution in [0.25, 0.3) is 0 Å². The Bertz CT molecular complexity index is 188. The van der Waals surface area contributed by atoms with Crippen LogP contribution in [0.15, 0.2) is 0 Å². The van der Waals surface area contributed by atoms with Crippen molar-refractivity contribution in [1.29, 1.82) is 0 Å². The predicted octanol–water partition coefficient (Wildman–Crippen LogP) is 2.77. The summed E-state index contributed by atoms with van der Waals surface area (Å²) in [6, 6.07) is 0. The van der Waals surface area contributed by atoms with Crippen LogP contribution in [0.3, 0.4) is 0 Å². The molecule has 0 N–H and O–H groups in total. The maximum atomic E-state index is 11.2. The van der Waals surface area contributed by atoms with Crippen LogP contribution in [0.2, 0.25) is 0 Å². The molecule has 0 saturated heterocycles. The zero-order valence-electron chi connectivity index (χ0n) is 11.9. The molecule has 108 valence electrons. The van der Waals surface area contributed by atoms with Crippen molar-refractivity contribution < 1.29 is 23.7 Å². The summed E-state index contributed by atoms with van der Waals surface area (Å²) in [6.45, 7) is 9.74. The van der Waals surface area contributed by atoms with Gasteiger partial charge in [-0.2, -0.15) is 0 Å². The lowest BCUT2D eigenvalue weighted by atomic mass is 10.3. The molecule has 0 aromatic carbocycles. The highest BCUT2D eigenvalue weighted by Crippen LogP contribution is 2.01. The monoisotopic (exact) mass is 262 g/mol. The lowest BCUT2D eigenvalue weighted by Gasteiger charge is -2.13. The number of rotatable bonds is 10. The van der Waals surface area contributed by atoms with Crippen molar-refractivity contribution in [1.82, 2.24) is 0 Å². The van der Waals surface area contributed by atoms with Gasteiger partial charge in [-0.25, -0.2) is 4.79 Å². The summed E-state index contributed by atoms with van der Waals surface area (Å²) < 4.78 is 20.5. The van der Waals surface area contributed by atoms with E-state index in [2.05, 4.69) is 0 Å². The van der Waals surface area contributed by atoms with Gasteiger partial charge in [0.2, 0.25) is 0 Å². The van der Waals surface area contributed by atoms with E-state index < -0.39 is 6.16 Å². The predicted molar refractivity (Wildman–Crippen MR) is 68.7 cm³/mol. The van der Waals surface area contributed by atoms with Crippen molar-refractivity contribution in [3.05, 3.63) is 0 Å². The quantitative estimate of drug-likeness (QED) is 0.567. The lowest BCUT2D eigenvalue weighted by Crippen LogP contribution is -2.17. The molecule has 0 aliphatic heterocycles. The standard InChI is InChI=1S/C13H26O5/c1-5-15-11(3)7-9-17-13(14)18-10-8-12(4)16-6-2/h11-12H,5-10H2,1-4H3. The van der Waals surface area contributed by atoms with Gasteiger partial charge in [0.1, 0.15) is 0 Å². The van der Waals surface area contributed by atoms with Gasteiger partial charge in [0.25, 0.3) is 0 Å². The Kier molecular flexibility index (Phi) is 10.8. The Morgan fingerprint density at radius 3 is 1.61 bits per heavy atom. The van der Waals surface area contributed by atoms with E-state index in [1.807, 2.05) is 27.7 Å². The normalized spacial score (nSPS) is 14.0. The average molecular weight is 262 g/mol. The molecule has 0 aliphatic carbocycles. The van der Waals surface area contributed by atoms with Crippen molar-refractivity contribution in [3.8, 4) is 0 Å². The Hall–Kier alpha value is -0.810. The van der Waals surface area contributed by atoms with E-state index in [1.165, 1.54) is 0 Å². The molecule has 0 amide bonds. The Balaban J connectivity index is 3.43. The van der Waals surface area contributed by atoms with Crippen LogP contribution in [-0.2, 0) is 18.9 Å². The first-order valence-electron chi connectivity index (χ1n) is 6.62. The third kappa shape index (κ3) is 10.4. The summed E-state index contributed by atoms with van der Waals surface area (Å²) in [7, 11) is 0. The summed E-state index contributed by atoms with van der Waals surface area (Å²) in [5, 5.41) is 0. The molecule has 5 heteroatoms. The molecule has 5 nitrogen and oxygen atoms in total. The molecule has 18 heavy (non-hydrogen) atoms. The van der Waals surface area contributed by atoms with Crippen LogP contribution in [-0.4, -0.2) is 44.8 Å². The van der Waals surface area contributed by atoms with Gasteiger partial charge in [-0.05, 0) is 27.7 Å². The van der Waals surface area contributed by atoms with E-state index in [-0.39, 0.29) is 12.2 Å². The van der Waals surface area contributed by atoms with Crippen LogP contribution in [0, 0.1) is 0 Å². The largest absolute Gasteiger partial charge is 0.508 e. The van der Waals surface area contributed by atoms with Crippen LogP contribution < -0.4 is 0 Å². The highest BCUT2D eigenvalue weighted by atomic mass is 16.7. The fourth-order valence-corrected chi connectivity index (χ4v) is 1.39. The maximum Gasteiger partial charge on any atom is 0.508 e. The average Bonchev–Trinajstić information content (AvgIpc) is 2.29. The first-order valence-corrected chi connectivity index (χ1v) is 6.62. The van der Waals surface area contributed by atoms with Crippen LogP contribution in [0.4, 0.5) is 4.79 Å². The minimum Gasteiger partial charge on any atom is -0.434 e. The molecule has 0 bridgehead atoms. The zero-order valence-corrected chi connectivity index (χ0v) is 11.9. The van der Waals surface area contributed by atoms with Crippen molar-refractivity contribution in [2.75, 3.05) is 26.4 Å². The third-order valence-corrected chi connectivity index (χ3v) is 2.39. The number of carbonyl (C=O) groups excluding carboxylic acids is 1. The van der Waals surface area contributed by atoms with E-state index in [0.717, 1.165) is 0 Å². The fourth-order valence-electron chi connectivity index (χ4n) is 1.39. The van der Waals surface area contributed by atoms with Crippen LogP contribution >= 0.6 is 0 Å². The highest BCUT2D eigenvalue weighted by Gasteiger charge is 2.08. The van der Waals surface area contributed by atoms with Crippen LogP contribution in [0.5, 0.6) is 0 Å². The van der Waals surface area contributed by atoms with Gasteiger partial charge in [-0.3, -0.25) is 0 Å². The number of hydrogen-bond donors (Lipinski definition) is 0. The number of hydrogen-bond acceptors (Lipinski definition) is 5. The molecule has 0 aromatic heterocycles. The third-order valence-electron chi connectivity index (χ3n) is 2.39. The van der Waals surface area contributed by atoms with Crippen molar-refractivity contribution in [2.24, 2.45) is 0 Å². The Labute approximate surface area is 110 Å². The van der Waals surface area contributed by atoms with Gasteiger partial charge in [0.05, 0.1) is 25.4 Å². The minimum absolute atomic E-state index is 0.0979. The maximum absolute atomic E-state index is 11.2. The summed E-state index contributed by atoms with van der Waals surface area (Å²) in [5.74, 6) is 0. The molecule has 0 saturated carbocycles. The topological polar surface area (TPSA) is 54.0 Å². The second-order valence-electron chi connectivity index (χ2n) is 4.06. The SMILES string of the molecule is CCOC(C)CCOC(=O)OCCC(C)OCC. The molecule has 0 fully saturated rings. The van der Waals surface area contributed by atoms with Gasteiger partial charge < -0.3 is 18.9 Å². The second-order valence-corrected chi connectivity index (χ2v) is 4.06. The molecule has 0 spiro atoms. The molecule has 0 aromatic rings. The highest BCUT2D eigenvalue weighted by molar-refractivity contribution is 5.59.